The molecule has 1 heterocycles. The van der Waals surface area contributed by atoms with Gasteiger partial charge in [-0.15, -0.1) is 0 Å². The van der Waals surface area contributed by atoms with Crippen LogP contribution in [0.3, 0.4) is 0 Å². The number of nitrogens with zero attached hydrogens (tertiary/aromatic N) is 1. The lowest BCUT2D eigenvalue weighted by molar-refractivity contribution is 0.207. The van der Waals surface area contributed by atoms with Crippen LogP contribution in [0.4, 0.5) is 29.3 Å². The Hall–Kier alpha value is -4.17. The Kier molecular flexibility index (Phi) is 7.89. The summed E-state index contributed by atoms with van der Waals surface area (Å²) in [4.78, 5) is 13.5. The summed E-state index contributed by atoms with van der Waals surface area (Å²) in [5.41, 5.74) is 2.02. The van der Waals surface area contributed by atoms with Crippen LogP contribution in [-0.4, -0.2) is 6.03 Å². The number of nitrogens with one attached hydrogen (secondary N) is 2. The van der Waals surface area contributed by atoms with Crippen molar-refractivity contribution in [2.75, 3.05) is 10.2 Å². The zero-order chi connectivity index (χ0) is 26.5. The number of anilines is 2. The van der Waals surface area contributed by atoms with E-state index in [9.17, 15) is 18.0 Å². The molecule has 0 aromatic heterocycles. The molecule has 0 spiro atoms. The molecule has 5 nitrogen and oxygen atoms in total. The van der Waals surface area contributed by atoms with Gasteiger partial charge in [0.05, 0.1) is 5.70 Å². The summed E-state index contributed by atoms with van der Waals surface area (Å²) in [6.07, 6.45) is 1.54. The first-order valence-corrected chi connectivity index (χ1v) is 11.6. The Bertz CT molecular complexity index is 1380. The number of hydrogen-bond donors (Lipinski definition) is 2. The molecule has 190 valence electrons. The van der Waals surface area contributed by atoms with E-state index in [1.165, 1.54) is 29.2 Å². The summed E-state index contributed by atoms with van der Waals surface area (Å²) >= 11 is 6.46. The van der Waals surface area contributed by atoms with Gasteiger partial charge in [-0.05, 0) is 54.4 Å². The van der Waals surface area contributed by atoms with Gasteiger partial charge in [-0.1, -0.05) is 48.5 Å². The van der Waals surface area contributed by atoms with Gasteiger partial charge < -0.3 is 20.3 Å². The molecular weight excluding hydrogens is 503 g/mol. The standard InChI is InChI=1S/C28H23ClF3N3O2/c1-17-13-25(26(29)18(2)35(17)27-23(31)9-6-10-24(27)32)37-16-19-11-12-21(30)14-20(19)15-33-28(36)34-22-7-4-3-5-8-22/h3-14H,2,15-16H2,1H3,(H2,33,34,36). The van der Waals surface area contributed by atoms with Gasteiger partial charge in [-0.25, -0.2) is 18.0 Å². The monoisotopic (exact) mass is 525 g/mol. The number of rotatable bonds is 7. The lowest BCUT2D eigenvalue weighted by Gasteiger charge is -2.32. The SMILES string of the molecule is C=C1C(Cl)=C(OCc2ccc(F)cc2CNC(=O)Nc2ccccc2)C=C(C)N1c1c(F)cccc1F. The van der Waals surface area contributed by atoms with Crippen LogP contribution < -0.4 is 15.5 Å². The number of carbonyl (C=O) groups excluding carboxylic acids is 1. The number of urea groups is 1. The predicted molar refractivity (Wildman–Crippen MR) is 138 cm³/mol. The summed E-state index contributed by atoms with van der Waals surface area (Å²) in [5, 5.41) is 5.46. The normalized spacial score (nSPS) is 13.4. The van der Waals surface area contributed by atoms with Gasteiger partial charge in [-0.3, -0.25) is 0 Å². The molecule has 0 saturated heterocycles. The quantitative estimate of drug-likeness (QED) is 0.339. The van der Waals surface area contributed by atoms with Crippen molar-refractivity contribution in [3.63, 3.8) is 0 Å². The first-order chi connectivity index (χ1) is 17.7. The van der Waals surface area contributed by atoms with E-state index in [4.69, 9.17) is 16.3 Å². The second-order valence-electron chi connectivity index (χ2n) is 8.19. The zero-order valence-corrected chi connectivity index (χ0v) is 20.6. The van der Waals surface area contributed by atoms with Crippen LogP contribution in [0.25, 0.3) is 0 Å². The Morgan fingerprint density at radius 2 is 1.70 bits per heavy atom. The highest BCUT2D eigenvalue weighted by Gasteiger charge is 2.27. The highest BCUT2D eigenvalue weighted by Crippen LogP contribution is 2.38. The third kappa shape index (κ3) is 5.98. The third-order valence-electron chi connectivity index (χ3n) is 5.62. The average Bonchev–Trinajstić information content (AvgIpc) is 2.87. The molecule has 3 aromatic carbocycles. The molecule has 37 heavy (non-hydrogen) atoms. The molecule has 0 saturated carbocycles. The van der Waals surface area contributed by atoms with Crippen molar-refractivity contribution in [1.29, 1.82) is 0 Å². The predicted octanol–water partition coefficient (Wildman–Crippen LogP) is 7.33. The van der Waals surface area contributed by atoms with E-state index in [0.717, 1.165) is 12.1 Å². The highest BCUT2D eigenvalue weighted by molar-refractivity contribution is 6.33. The number of carbonyl (C=O) groups is 1. The van der Waals surface area contributed by atoms with Crippen molar-refractivity contribution in [2.45, 2.75) is 20.1 Å². The number of benzene rings is 3. The fourth-order valence-electron chi connectivity index (χ4n) is 3.82. The molecule has 0 atom stereocenters. The van der Waals surface area contributed by atoms with Gasteiger partial charge in [0, 0.05) is 24.0 Å². The van der Waals surface area contributed by atoms with Gasteiger partial charge in [0.2, 0.25) is 0 Å². The molecule has 9 heteroatoms. The summed E-state index contributed by atoms with van der Waals surface area (Å²) < 4.78 is 48.7. The second kappa shape index (κ2) is 11.3. The van der Waals surface area contributed by atoms with E-state index in [2.05, 4.69) is 17.2 Å². The van der Waals surface area contributed by atoms with Crippen molar-refractivity contribution in [3.8, 4) is 0 Å². The molecule has 2 amide bonds. The van der Waals surface area contributed by atoms with Gasteiger partial charge in [0.1, 0.15) is 40.5 Å². The number of halogens is 4. The molecule has 0 fully saturated rings. The molecule has 3 aromatic rings. The molecule has 0 aliphatic carbocycles. The molecule has 0 bridgehead atoms. The highest BCUT2D eigenvalue weighted by atomic mass is 35.5. The molecule has 4 rings (SSSR count). The van der Waals surface area contributed by atoms with E-state index < -0.39 is 23.5 Å². The van der Waals surface area contributed by atoms with E-state index in [1.807, 2.05) is 6.07 Å². The minimum atomic E-state index is -0.762. The minimum absolute atomic E-state index is 0.00568. The van der Waals surface area contributed by atoms with E-state index in [0.29, 0.717) is 22.5 Å². The molecule has 1 aliphatic rings. The van der Waals surface area contributed by atoms with Crippen molar-refractivity contribution >= 4 is 29.0 Å². The van der Waals surface area contributed by atoms with Gasteiger partial charge >= 0.3 is 6.03 Å². The smallest absolute Gasteiger partial charge is 0.319 e. The first kappa shape index (κ1) is 25.9. The van der Waals surface area contributed by atoms with Crippen molar-refractivity contribution in [1.82, 2.24) is 5.32 Å². The van der Waals surface area contributed by atoms with Crippen LogP contribution in [0.5, 0.6) is 0 Å². The topological polar surface area (TPSA) is 53.6 Å². The molecular formula is C28H23ClF3N3O2. The lowest BCUT2D eigenvalue weighted by Crippen LogP contribution is -2.28. The Morgan fingerprint density at radius 1 is 1.00 bits per heavy atom. The van der Waals surface area contributed by atoms with Crippen LogP contribution in [0.2, 0.25) is 0 Å². The number of ether oxygens (including phenoxy) is 1. The number of hydrogen-bond acceptors (Lipinski definition) is 3. The van der Waals surface area contributed by atoms with Crippen molar-refractivity contribution in [3.05, 3.63) is 130 Å². The van der Waals surface area contributed by atoms with Crippen LogP contribution >= 0.6 is 11.6 Å². The Balaban J connectivity index is 1.47. The summed E-state index contributed by atoms with van der Waals surface area (Å²) in [5.74, 6) is -1.75. The van der Waals surface area contributed by atoms with E-state index >= 15 is 0 Å². The largest absolute Gasteiger partial charge is 0.487 e. The van der Waals surface area contributed by atoms with Gasteiger partial charge in [0.25, 0.3) is 0 Å². The van der Waals surface area contributed by atoms with E-state index in [-0.39, 0.29) is 35.3 Å². The average molecular weight is 526 g/mol. The van der Waals surface area contributed by atoms with Gasteiger partial charge in [0.15, 0.2) is 0 Å². The minimum Gasteiger partial charge on any atom is -0.487 e. The van der Waals surface area contributed by atoms with Crippen LogP contribution in [-0.2, 0) is 17.9 Å². The third-order valence-corrected chi connectivity index (χ3v) is 6.02. The summed E-state index contributed by atoms with van der Waals surface area (Å²) in [6.45, 7) is 5.56. The van der Waals surface area contributed by atoms with Crippen molar-refractivity contribution in [2.24, 2.45) is 0 Å². The fraction of sp³-hybridized carbons (Fsp3) is 0.107. The maximum Gasteiger partial charge on any atom is 0.319 e. The first-order valence-electron chi connectivity index (χ1n) is 11.3. The lowest BCUT2D eigenvalue weighted by atomic mass is 10.1. The Morgan fingerprint density at radius 3 is 2.41 bits per heavy atom. The van der Waals surface area contributed by atoms with Crippen LogP contribution in [0, 0.1) is 17.5 Å². The summed E-state index contributed by atoms with van der Waals surface area (Å²) in [7, 11) is 0. The van der Waals surface area contributed by atoms with E-state index in [1.54, 1.807) is 37.3 Å². The maximum atomic E-state index is 14.4. The van der Waals surface area contributed by atoms with Crippen molar-refractivity contribution < 1.29 is 22.7 Å². The van der Waals surface area contributed by atoms with Gasteiger partial charge in [-0.2, -0.15) is 0 Å². The number of para-hydroxylation sites is 2. The second-order valence-corrected chi connectivity index (χ2v) is 8.57. The van der Waals surface area contributed by atoms with Crippen LogP contribution in [0.1, 0.15) is 18.1 Å². The molecule has 0 radical (unpaired) electrons. The maximum absolute atomic E-state index is 14.4. The number of allylic oxidation sites excluding steroid dienone is 3. The molecule has 0 unspecified atom stereocenters. The molecule has 2 N–H and O–H groups in total. The zero-order valence-electron chi connectivity index (χ0n) is 19.8. The molecule has 1 aliphatic heterocycles. The Labute approximate surface area is 217 Å². The number of amides is 2. The fourth-order valence-corrected chi connectivity index (χ4v) is 4.01. The van der Waals surface area contributed by atoms with Crippen LogP contribution in [0.15, 0.2) is 102 Å². The summed E-state index contributed by atoms with van der Waals surface area (Å²) in [6, 6.07) is 16.2.